The Morgan fingerprint density at radius 3 is 2.70 bits per heavy atom. The maximum absolute atomic E-state index is 13.2. The standard InChI is InChI=1S/C21H24N4O7S/c1-21(27)11-24(12-21)7-6-13-10-32-17-9-14(8-16(25(28)29)19(17)23-13)33(30,31)18-5-3-2-4-15(18)20(22)26/h2-5,8-9,13,23,27H,6-7,10-12H2,1H3,(H2,22,26). The third-order valence-electron chi connectivity index (χ3n) is 5.71. The molecule has 1 fully saturated rings. The number of likely N-dealkylation sites (tertiary alicyclic amines) is 1. The number of rotatable bonds is 7. The summed E-state index contributed by atoms with van der Waals surface area (Å²) in [5, 5.41) is 24.7. The molecular weight excluding hydrogens is 452 g/mol. The summed E-state index contributed by atoms with van der Waals surface area (Å²) in [5.41, 5.74) is 4.08. The van der Waals surface area contributed by atoms with E-state index in [2.05, 4.69) is 10.2 Å². The Kier molecular flexibility index (Phi) is 5.76. The van der Waals surface area contributed by atoms with E-state index in [4.69, 9.17) is 10.5 Å². The molecule has 1 unspecified atom stereocenters. The Balaban J connectivity index is 1.62. The first-order valence-electron chi connectivity index (χ1n) is 10.3. The van der Waals surface area contributed by atoms with Gasteiger partial charge in [0.1, 0.15) is 6.61 Å². The number of amides is 1. The Morgan fingerprint density at radius 2 is 2.06 bits per heavy atom. The number of nitro groups is 1. The van der Waals surface area contributed by atoms with Gasteiger partial charge in [0, 0.05) is 31.8 Å². The molecule has 0 radical (unpaired) electrons. The second kappa shape index (κ2) is 8.28. The van der Waals surface area contributed by atoms with Crippen molar-refractivity contribution in [2.45, 2.75) is 34.8 Å². The molecule has 2 aliphatic rings. The van der Waals surface area contributed by atoms with Crippen molar-refractivity contribution in [1.82, 2.24) is 4.90 Å². The van der Waals surface area contributed by atoms with Crippen LogP contribution >= 0.6 is 0 Å². The van der Waals surface area contributed by atoms with Gasteiger partial charge in [0.15, 0.2) is 11.4 Å². The lowest BCUT2D eigenvalue weighted by Crippen LogP contribution is -2.60. The zero-order chi connectivity index (χ0) is 24.0. The molecular formula is C21H24N4O7S. The average Bonchev–Trinajstić information content (AvgIpc) is 2.75. The summed E-state index contributed by atoms with van der Waals surface area (Å²) in [4.78, 5) is 24.2. The van der Waals surface area contributed by atoms with E-state index in [1.54, 1.807) is 6.92 Å². The van der Waals surface area contributed by atoms with Crippen LogP contribution in [-0.4, -0.2) is 67.1 Å². The maximum Gasteiger partial charge on any atom is 0.297 e. The van der Waals surface area contributed by atoms with Gasteiger partial charge in [-0.2, -0.15) is 0 Å². The Hall–Kier alpha value is -3.22. The molecule has 1 atom stereocenters. The quantitative estimate of drug-likeness (QED) is 0.393. The lowest BCUT2D eigenvalue weighted by Gasteiger charge is -2.44. The number of carbonyl (C=O) groups excluding carboxylic acids is 1. The molecule has 0 spiro atoms. The van der Waals surface area contributed by atoms with Crippen molar-refractivity contribution in [1.29, 1.82) is 0 Å². The number of nitrogens with one attached hydrogen (secondary N) is 1. The van der Waals surface area contributed by atoms with Crippen molar-refractivity contribution >= 4 is 27.1 Å². The number of anilines is 1. The highest BCUT2D eigenvalue weighted by Crippen LogP contribution is 2.41. The number of sulfone groups is 1. The highest BCUT2D eigenvalue weighted by atomic mass is 32.2. The van der Waals surface area contributed by atoms with E-state index in [0.717, 1.165) is 6.07 Å². The number of primary amides is 1. The van der Waals surface area contributed by atoms with Crippen LogP contribution in [0, 0.1) is 10.1 Å². The molecule has 2 heterocycles. The third-order valence-corrected chi connectivity index (χ3v) is 7.51. The number of nitrogens with two attached hydrogens (primary N) is 1. The van der Waals surface area contributed by atoms with Crippen LogP contribution in [-0.2, 0) is 9.84 Å². The SMILES string of the molecule is CC1(O)CN(CCC2COc3cc(S(=O)(=O)c4ccccc4C(N)=O)cc([N+](=O)[O-])c3N2)C1. The Bertz CT molecular complexity index is 1220. The lowest BCUT2D eigenvalue weighted by atomic mass is 9.96. The van der Waals surface area contributed by atoms with Gasteiger partial charge in [0.05, 0.1) is 31.9 Å². The number of hydrogen-bond donors (Lipinski definition) is 3. The van der Waals surface area contributed by atoms with Gasteiger partial charge in [0.2, 0.25) is 15.7 Å². The molecule has 0 bridgehead atoms. The fourth-order valence-corrected chi connectivity index (χ4v) is 5.67. The van der Waals surface area contributed by atoms with Crippen molar-refractivity contribution < 1.29 is 28.0 Å². The van der Waals surface area contributed by atoms with Gasteiger partial charge >= 0.3 is 0 Å². The fourth-order valence-electron chi connectivity index (χ4n) is 4.17. The minimum atomic E-state index is -4.29. The van der Waals surface area contributed by atoms with Crippen LogP contribution in [0.25, 0.3) is 0 Å². The molecule has 0 saturated carbocycles. The van der Waals surface area contributed by atoms with Gasteiger partial charge in [0.25, 0.3) is 5.69 Å². The number of fused-ring (bicyclic) bond motifs is 1. The van der Waals surface area contributed by atoms with Gasteiger partial charge < -0.3 is 20.9 Å². The summed E-state index contributed by atoms with van der Waals surface area (Å²) in [6.07, 6.45) is 0.624. The van der Waals surface area contributed by atoms with Gasteiger partial charge in [-0.15, -0.1) is 0 Å². The Labute approximate surface area is 190 Å². The predicted octanol–water partition coefficient (Wildman–Crippen LogP) is 1.16. The predicted molar refractivity (Wildman–Crippen MR) is 118 cm³/mol. The number of carbonyl (C=O) groups is 1. The summed E-state index contributed by atoms with van der Waals surface area (Å²) in [6.45, 7) is 3.75. The number of ether oxygens (including phenoxy) is 1. The van der Waals surface area contributed by atoms with Gasteiger partial charge in [-0.05, 0) is 25.5 Å². The molecule has 12 heteroatoms. The van der Waals surface area contributed by atoms with E-state index in [0.29, 0.717) is 26.1 Å². The van der Waals surface area contributed by atoms with E-state index < -0.39 is 32.0 Å². The highest BCUT2D eigenvalue weighted by molar-refractivity contribution is 7.91. The molecule has 2 aromatic rings. The summed E-state index contributed by atoms with van der Waals surface area (Å²) in [7, 11) is -4.29. The summed E-state index contributed by atoms with van der Waals surface area (Å²) < 4.78 is 32.2. The van der Waals surface area contributed by atoms with Gasteiger partial charge in [-0.3, -0.25) is 19.8 Å². The lowest BCUT2D eigenvalue weighted by molar-refractivity contribution is -0.384. The van der Waals surface area contributed by atoms with Crippen LogP contribution < -0.4 is 15.8 Å². The van der Waals surface area contributed by atoms with E-state index in [9.17, 15) is 28.4 Å². The molecule has 11 nitrogen and oxygen atoms in total. The topological polar surface area (TPSA) is 165 Å². The average molecular weight is 477 g/mol. The monoisotopic (exact) mass is 476 g/mol. The molecule has 0 aromatic heterocycles. The minimum absolute atomic E-state index is 0.0439. The molecule has 4 N–H and O–H groups in total. The van der Waals surface area contributed by atoms with Crippen molar-refractivity contribution in [2.24, 2.45) is 5.73 Å². The van der Waals surface area contributed by atoms with Crippen LogP contribution in [0.15, 0.2) is 46.2 Å². The van der Waals surface area contributed by atoms with E-state index in [-0.39, 0.29) is 39.4 Å². The largest absolute Gasteiger partial charge is 0.489 e. The Morgan fingerprint density at radius 1 is 1.36 bits per heavy atom. The zero-order valence-corrected chi connectivity index (χ0v) is 18.7. The number of hydrogen-bond acceptors (Lipinski definition) is 9. The van der Waals surface area contributed by atoms with Gasteiger partial charge in [-0.1, -0.05) is 12.1 Å². The number of aliphatic hydroxyl groups is 1. The van der Waals surface area contributed by atoms with Crippen LogP contribution in [0.3, 0.4) is 0 Å². The van der Waals surface area contributed by atoms with Crippen LogP contribution in [0.4, 0.5) is 11.4 Å². The number of nitrogens with zero attached hydrogens (tertiary/aromatic N) is 2. The van der Waals surface area contributed by atoms with E-state index in [1.807, 2.05) is 0 Å². The summed E-state index contributed by atoms with van der Waals surface area (Å²) >= 11 is 0. The van der Waals surface area contributed by atoms with Crippen LogP contribution in [0.2, 0.25) is 0 Å². The first kappa shape index (κ1) is 23.0. The molecule has 1 amide bonds. The molecule has 0 aliphatic carbocycles. The minimum Gasteiger partial charge on any atom is -0.489 e. The van der Waals surface area contributed by atoms with Crippen LogP contribution in [0.1, 0.15) is 23.7 Å². The first-order valence-corrected chi connectivity index (χ1v) is 11.8. The van der Waals surface area contributed by atoms with E-state index >= 15 is 0 Å². The fraction of sp³-hybridized carbons (Fsp3) is 0.381. The molecule has 33 heavy (non-hydrogen) atoms. The second-order valence-corrected chi connectivity index (χ2v) is 10.5. The number of β-amino-alcohol motifs (C(OH)–C–C–N with tert-alkyl or cyclic N) is 1. The smallest absolute Gasteiger partial charge is 0.297 e. The first-order chi connectivity index (χ1) is 15.5. The summed E-state index contributed by atoms with van der Waals surface area (Å²) in [5.74, 6) is -0.881. The highest BCUT2D eigenvalue weighted by Gasteiger charge is 2.37. The number of benzene rings is 2. The van der Waals surface area contributed by atoms with E-state index in [1.165, 1.54) is 30.3 Å². The molecule has 1 saturated heterocycles. The number of nitro benzene ring substituents is 1. The summed E-state index contributed by atoms with van der Waals surface area (Å²) in [6, 6.07) is 7.36. The normalized spacial score (nSPS) is 19.5. The second-order valence-electron chi connectivity index (χ2n) is 8.59. The van der Waals surface area contributed by atoms with Crippen LogP contribution in [0.5, 0.6) is 5.75 Å². The zero-order valence-electron chi connectivity index (χ0n) is 17.9. The molecule has 2 aromatic carbocycles. The van der Waals surface area contributed by atoms with Gasteiger partial charge in [-0.25, -0.2) is 8.42 Å². The van der Waals surface area contributed by atoms with Crippen molar-refractivity contribution in [3.63, 3.8) is 0 Å². The maximum atomic E-state index is 13.2. The third kappa shape index (κ3) is 4.49. The van der Waals surface area contributed by atoms with Crippen molar-refractivity contribution in [3.05, 3.63) is 52.1 Å². The molecule has 176 valence electrons. The molecule has 2 aliphatic heterocycles. The van der Waals surface area contributed by atoms with Crippen molar-refractivity contribution in [3.8, 4) is 5.75 Å². The van der Waals surface area contributed by atoms with Crippen molar-refractivity contribution in [2.75, 3.05) is 31.6 Å². The molecule has 4 rings (SSSR count).